The molecule has 1 N–H and O–H groups in total. The summed E-state index contributed by atoms with van der Waals surface area (Å²) >= 11 is 5.60. The van der Waals surface area contributed by atoms with Crippen LogP contribution in [0.15, 0.2) is 24.5 Å². The van der Waals surface area contributed by atoms with Gasteiger partial charge in [-0.1, -0.05) is 18.5 Å². The number of hydrogen-bond acceptors (Lipinski definition) is 2. The molecular formula is C15H18ClF2N3. The van der Waals surface area contributed by atoms with Gasteiger partial charge in [0.05, 0.1) is 5.02 Å². The molecule has 6 heteroatoms. The largest absolute Gasteiger partial charge is 0.338 e. The van der Waals surface area contributed by atoms with E-state index in [1.807, 2.05) is 24.7 Å². The minimum absolute atomic E-state index is 0.199. The standard InChI is InChI=1S/C15H18ClF2N3/c1-3-19-14(4-5-15-20-6-7-21(15)2)10-8-13(18)11(16)9-12(10)17/h6-9,14,19H,3-5H2,1-2H3. The average molecular weight is 314 g/mol. The van der Waals surface area contributed by atoms with Gasteiger partial charge in [-0.25, -0.2) is 13.8 Å². The molecule has 2 aromatic rings. The maximum Gasteiger partial charge on any atom is 0.142 e. The van der Waals surface area contributed by atoms with E-state index in [9.17, 15) is 8.78 Å². The van der Waals surface area contributed by atoms with Crippen molar-refractivity contribution >= 4 is 11.6 Å². The average Bonchev–Trinajstić information content (AvgIpc) is 2.84. The highest BCUT2D eigenvalue weighted by Gasteiger charge is 2.18. The Balaban J connectivity index is 2.19. The molecule has 0 radical (unpaired) electrons. The van der Waals surface area contributed by atoms with E-state index in [1.165, 1.54) is 6.07 Å². The molecular weight excluding hydrogens is 296 g/mol. The molecule has 0 saturated carbocycles. The van der Waals surface area contributed by atoms with Crippen LogP contribution in [-0.2, 0) is 13.5 Å². The fourth-order valence-electron chi connectivity index (χ4n) is 2.33. The molecule has 0 fully saturated rings. The number of aromatic nitrogens is 2. The molecule has 1 aromatic heterocycles. The van der Waals surface area contributed by atoms with Crippen LogP contribution in [0.5, 0.6) is 0 Å². The summed E-state index contributed by atoms with van der Waals surface area (Å²) in [6.45, 7) is 2.59. The second kappa shape index (κ2) is 7.00. The number of nitrogens with one attached hydrogen (secondary N) is 1. The van der Waals surface area contributed by atoms with Crippen LogP contribution in [-0.4, -0.2) is 16.1 Å². The highest BCUT2D eigenvalue weighted by Crippen LogP contribution is 2.26. The number of imidazole rings is 1. The van der Waals surface area contributed by atoms with Gasteiger partial charge >= 0.3 is 0 Å². The molecule has 1 unspecified atom stereocenters. The lowest BCUT2D eigenvalue weighted by Crippen LogP contribution is -2.23. The first-order valence-corrected chi connectivity index (χ1v) is 7.24. The summed E-state index contributed by atoms with van der Waals surface area (Å²) in [5.74, 6) is -0.187. The van der Waals surface area contributed by atoms with Crippen LogP contribution in [0.2, 0.25) is 5.02 Å². The van der Waals surface area contributed by atoms with Gasteiger partial charge in [0, 0.05) is 37.5 Å². The third-order valence-corrected chi connectivity index (χ3v) is 3.73. The van der Waals surface area contributed by atoms with E-state index in [0.29, 0.717) is 24.9 Å². The summed E-state index contributed by atoms with van der Waals surface area (Å²) in [5, 5.41) is 2.98. The quantitative estimate of drug-likeness (QED) is 0.825. The van der Waals surface area contributed by atoms with E-state index >= 15 is 0 Å². The van der Waals surface area contributed by atoms with E-state index in [1.54, 1.807) is 6.20 Å². The molecule has 0 saturated heterocycles. The Kier molecular flexibility index (Phi) is 5.31. The molecule has 0 spiro atoms. The smallest absolute Gasteiger partial charge is 0.142 e. The molecule has 1 atom stereocenters. The molecule has 0 aliphatic heterocycles. The van der Waals surface area contributed by atoms with Gasteiger partial charge in [0.15, 0.2) is 0 Å². The first-order valence-electron chi connectivity index (χ1n) is 6.87. The highest BCUT2D eigenvalue weighted by molar-refractivity contribution is 6.30. The highest BCUT2D eigenvalue weighted by atomic mass is 35.5. The molecule has 114 valence electrons. The summed E-state index contributed by atoms with van der Waals surface area (Å²) in [6.07, 6.45) is 4.88. The van der Waals surface area contributed by atoms with Gasteiger partial charge in [0.2, 0.25) is 0 Å². The van der Waals surface area contributed by atoms with E-state index in [0.717, 1.165) is 11.9 Å². The molecule has 3 nitrogen and oxygen atoms in total. The Bertz CT molecular complexity index is 613. The first kappa shape index (κ1) is 15.9. The third kappa shape index (κ3) is 3.80. The first-order chi connectivity index (χ1) is 10.0. The zero-order valence-corrected chi connectivity index (χ0v) is 12.8. The SMILES string of the molecule is CCNC(CCc1nccn1C)c1cc(F)c(Cl)cc1F. The predicted molar refractivity (Wildman–Crippen MR) is 79.3 cm³/mol. The zero-order chi connectivity index (χ0) is 15.4. The fraction of sp³-hybridized carbons (Fsp3) is 0.400. The number of rotatable bonds is 6. The Labute approximate surface area is 128 Å². The van der Waals surface area contributed by atoms with Crippen LogP contribution in [0.25, 0.3) is 0 Å². The van der Waals surface area contributed by atoms with Crippen LogP contribution in [0.4, 0.5) is 8.78 Å². The van der Waals surface area contributed by atoms with Gasteiger partial charge in [0.25, 0.3) is 0 Å². The van der Waals surface area contributed by atoms with Crippen LogP contribution < -0.4 is 5.32 Å². The molecule has 1 aromatic carbocycles. The van der Waals surface area contributed by atoms with Crippen molar-refractivity contribution in [2.75, 3.05) is 6.54 Å². The van der Waals surface area contributed by atoms with Crippen molar-refractivity contribution < 1.29 is 8.78 Å². The zero-order valence-electron chi connectivity index (χ0n) is 12.0. The minimum Gasteiger partial charge on any atom is -0.338 e. The van der Waals surface area contributed by atoms with Crippen molar-refractivity contribution in [3.8, 4) is 0 Å². The van der Waals surface area contributed by atoms with Crippen molar-refractivity contribution in [1.82, 2.24) is 14.9 Å². The second-order valence-electron chi connectivity index (χ2n) is 4.89. The fourth-order valence-corrected chi connectivity index (χ4v) is 2.48. The van der Waals surface area contributed by atoms with E-state index in [2.05, 4.69) is 10.3 Å². The van der Waals surface area contributed by atoms with Crippen LogP contribution in [0.3, 0.4) is 0 Å². The molecule has 0 amide bonds. The van der Waals surface area contributed by atoms with Crippen molar-refractivity contribution in [1.29, 1.82) is 0 Å². The summed E-state index contributed by atoms with van der Waals surface area (Å²) in [6, 6.07) is 1.92. The minimum atomic E-state index is -0.604. The normalized spacial score (nSPS) is 12.6. The Morgan fingerprint density at radius 2 is 2.10 bits per heavy atom. The summed E-state index contributed by atoms with van der Waals surface area (Å²) < 4.78 is 29.6. The van der Waals surface area contributed by atoms with Gasteiger partial charge in [-0.15, -0.1) is 0 Å². The lowest BCUT2D eigenvalue weighted by Gasteiger charge is -2.19. The molecule has 2 rings (SSSR count). The molecule has 0 aliphatic rings. The van der Waals surface area contributed by atoms with Crippen LogP contribution >= 0.6 is 11.6 Å². The number of nitrogens with zero attached hydrogens (tertiary/aromatic N) is 2. The van der Waals surface area contributed by atoms with Gasteiger partial charge in [-0.3, -0.25) is 0 Å². The lowest BCUT2D eigenvalue weighted by molar-refractivity contribution is 0.473. The number of benzene rings is 1. The van der Waals surface area contributed by atoms with Crippen molar-refractivity contribution in [3.05, 3.63) is 52.6 Å². The summed E-state index contributed by atoms with van der Waals surface area (Å²) in [5.41, 5.74) is 0.299. The third-order valence-electron chi connectivity index (χ3n) is 3.44. The van der Waals surface area contributed by atoms with Gasteiger partial charge in [-0.2, -0.15) is 0 Å². The van der Waals surface area contributed by atoms with Gasteiger partial charge < -0.3 is 9.88 Å². The van der Waals surface area contributed by atoms with Crippen molar-refractivity contribution in [3.63, 3.8) is 0 Å². The monoisotopic (exact) mass is 313 g/mol. The van der Waals surface area contributed by atoms with Crippen LogP contribution in [0.1, 0.15) is 30.8 Å². The number of halogens is 3. The van der Waals surface area contributed by atoms with E-state index < -0.39 is 11.6 Å². The number of hydrogen-bond donors (Lipinski definition) is 1. The van der Waals surface area contributed by atoms with Crippen molar-refractivity contribution in [2.24, 2.45) is 7.05 Å². The Hall–Kier alpha value is -1.46. The maximum absolute atomic E-state index is 14.0. The summed E-state index contributed by atoms with van der Waals surface area (Å²) in [7, 11) is 1.91. The number of aryl methyl sites for hydroxylation is 2. The Morgan fingerprint density at radius 1 is 1.33 bits per heavy atom. The van der Waals surface area contributed by atoms with Crippen LogP contribution in [0, 0.1) is 11.6 Å². The Morgan fingerprint density at radius 3 is 2.71 bits per heavy atom. The maximum atomic E-state index is 14.0. The van der Waals surface area contributed by atoms with Gasteiger partial charge in [0.1, 0.15) is 17.5 Å². The molecule has 0 aliphatic carbocycles. The molecule has 21 heavy (non-hydrogen) atoms. The molecule has 0 bridgehead atoms. The van der Waals surface area contributed by atoms with Crippen molar-refractivity contribution in [2.45, 2.75) is 25.8 Å². The van der Waals surface area contributed by atoms with E-state index in [4.69, 9.17) is 11.6 Å². The second-order valence-corrected chi connectivity index (χ2v) is 5.30. The lowest BCUT2D eigenvalue weighted by atomic mass is 10.0. The van der Waals surface area contributed by atoms with E-state index in [-0.39, 0.29) is 11.1 Å². The summed E-state index contributed by atoms with van der Waals surface area (Å²) in [4.78, 5) is 4.24. The predicted octanol–water partition coefficient (Wildman–Crippen LogP) is 3.64. The topological polar surface area (TPSA) is 29.9 Å². The molecule has 1 heterocycles. The van der Waals surface area contributed by atoms with Gasteiger partial charge in [-0.05, 0) is 25.1 Å².